The minimum absolute atomic E-state index is 0.182. The summed E-state index contributed by atoms with van der Waals surface area (Å²) < 4.78 is 19.6. The summed E-state index contributed by atoms with van der Waals surface area (Å²) >= 11 is 15.3. The van der Waals surface area contributed by atoms with E-state index in [1.54, 1.807) is 47.5 Å². The molecule has 0 spiro atoms. The Labute approximate surface area is 302 Å². The number of benzene rings is 4. The van der Waals surface area contributed by atoms with Gasteiger partial charge in [-0.3, -0.25) is 9.36 Å². The maximum atomic E-state index is 14.3. The number of nitrogens with zero attached hydrogens (tertiary/aromatic N) is 2. The number of thiazole rings is 1. The fraction of sp³-hybridized carbons (Fsp3) is 0.184. The highest BCUT2D eigenvalue weighted by Gasteiger charge is 2.35. The maximum absolute atomic E-state index is 14.3. The van der Waals surface area contributed by atoms with Gasteiger partial charge in [-0.1, -0.05) is 89.1 Å². The van der Waals surface area contributed by atoms with Gasteiger partial charge >= 0.3 is 5.97 Å². The zero-order valence-electron chi connectivity index (χ0n) is 26.9. The highest BCUT2D eigenvalue weighted by molar-refractivity contribution is 7.98. The normalized spacial score (nSPS) is 14.3. The third kappa shape index (κ3) is 7.50. The summed E-state index contributed by atoms with van der Waals surface area (Å²) in [7, 11) is 0. The Bertz CT molecular complexity index is 2210. The molecule has 0 unspecified atom stereocenters. The zero-order valence-corrected chi connectivity index (χ0v) is 30.1. The second kappa shape index (κ2) is 15.5. The number of halogens is 2. The number of hydrogen-bond acceptors (Lipinski definition) is 8. The summed E-state index contributed by atoms with van der Waals surface area (Å²) in [6.45, 7) is 4.47. The van der Waals surface area contributed by atoms with E-state index < -0.39 is 12.0 Å². The van der Waals surface area contributed by atoms with Crippen molar-refractivity contribution in [3.05, 3.63) is 149 Å². The Morgan fingerprint density at radius 3 is 2.41 bits per heavy atom. The summed E-state index contributed by atoms with van der Waals surface area (Å²) in [6, 6.07) is 27.4. The predicted molar refractivity (Wildman–Crippen MR) is 198 cm³/mol. The molecule has 0 fully saturated rings. The smallest absolute Gasteiger partial charge is 0.338 e. The predicted octanol–water partition coefficient (Wildman–Crippen LogP) is 7.94. The molecule has 0 N–H and O–H groups in total. The first-order valence-corrected chi connectivity index (χ1v) is 18.4. The second-order valence-electron chi connectivity index (χ2n) is 10.9. The molecule has 1 aromatic heterocycles. The van der Waals surface area contributed by atoms with Crippen LogP contribution < -0.4 is 24.4 Å². The molecule has 0 aliphatic carbocycles. The van der Waals surface area contributed by atoms with E-state index in [2.05, 4.69) is 0 Å². The molecule has 1 atom stereocenters. The van der Waals surface area contributed by atoms with E-state index >= 15 is 0 Å². The van der Waals surface area contributed by atoms with Crippen LogP contribution in [0.4, 0.5) is 0 Å². The van der Waals surface area contributed by atoms with Gasteiger partial charge in [-0.15, -0.1) is 11.8 Å². The number of carbonyl (C=O) groups excluding carboxylic acids is 1. The van der Waals surface area contributed by atoms with Crippen molar-refractivity contribution in [3.63, 3.8) is 0 Å². The van der Waals surface area contributed by atoms with Gasteiger partial charge in [-0.25, -0.2) is 9.79 Å². The van der Waals surface area contributed by atoms with Crippen LogP contribution in [0, 0.1) is 0 Å². The van der Waals surface area contributed by atoms with Gasteiger partial charge in [0.15, 0.2) is 16.3 Å². The first-order chi connectivity index (χ1) is 23.8. The number of thioether (sulfide) groups is 1. The lowest BCUT2D eigenvalue weighted by molar-refractivity contribution is -0.138. The molecule has 1 aliphatic rings. The average molecular weight is 732 g/mol. The van der Waals surface area contributed by atoms with E-state index in [4.69, 9.17) is 42.4 Å². The number of ether oxygens (including phenoxy) is 3. The Hall–Kier alpha value is -4.28. The topological polar surface area (TPSA) is 79.1 Å². The van der Waals surface area contributed by atoms with Crippen molar-refractivity contribution >= 4 is 64.0 Å². The van der Waals surface area contributed by atoms with Crippen molar-refractivity contribution in [2.75, 3.05) is 19.5 Å². The molecule has 1 aliphatic heterocycles. The van der Waals surface area contributed by atoms with Gasteiger partial charge in [0.05, 0.1) is 35.1 Å². The third-order valence-corrected chi connectivity index (χ3v) is 10.1. The van der Waals surface area contributed by atoms with E-state index in [9.17, 15) is 9.59 Å². The first kappa shape index (κ1) is 34.6. The Morgan fingerprint density at radius 1 is 0.939 bits per heavy atom. The van der Waals surface area contributed by atoms with Crippen LogP contribution in [0.2, 0.25) is 10.0 Å². The van der Waals surface area contributed by atoms with Crippen LogP contribution in [-0.2, 0) is 16.1 Å². The molecule has 0 amide bonds. The highest BCUT2D eigenvalue weighted by atomic mass is 35.5. The van der Waals surface area contributed by atoms with Crippen LogP contribution in [0.25, 0.3) is 11.8 Å². The monoisotopic (exact) mass is 730 g/mol. The Morgan fingerprint density at radius 2 is 1.71 bits per heavy atom. The van der Waals surface area contributed by atoms with Gasteiger partial charge in [0, 0.05) is 26.1 Å². The van der Waals surface area contributed by atoms with Gasteiger partial charge in [0.25, 0.3) is 5.56 Å². The first-order valence-electron chi connectivity index (χ1n) is 15.6. The summed E-state index contributed by atoms with van der Waals surface area (Å²) in [4.78, 5) is 34.5. The Balaban J connectivity index is 1.47. The maximum Gasteiger partial charge on any atom is 0.338 e. The van der Waals surface area contributed by atoms with Gasteiger partial charge in [0.1, 0.15) is 6.61 Å². The van der Waals surface area contributed by atoms with Crippen molar-refractivity contribution < 1.29 is 19.0 Å². The molecule has 0 bridgehead atoms. The van der Waals surface area contributed by atoms with Crippen molar-refractivity contribution in [3.8, 4) is 11.5 Å². The van der Waals surface area contributed by atoms with E-state index in [1.807, 2.05) is 86.0 Å². The lowest BCUT2D eigenvalue weighted by atomic mass is 9.93. The quantitative estimate of drug-likeness (QED) is 0.101. The zero-order chi connectivity index (χ0) is 34.5. The second-order valence-corrected chi connectivity index (χ2v) is 13.6. The standard InChI is InChI=1S/C38H32Cl2N2O5S2/c1-4-45-31-19-23(11-18-30(31)47-22-26-12-15-27(39)21-29(26)40)20-32-36(43)42-35(25-13-16-28(48-3)17-14-25)33(37(44)46-5-2)34(41-38(42)49-32)24-9-7-6-8-10-24/h6-21,35H,4-5,22H2,1-3H3/b32-20-/t35-/m1/s1. The summed E-state index contributed by atoms with van der Waals surface area (Å²) in [6.07, 6.45) is 3.80. The van der Waals surface area contributed by atoms with Crippen molar-refractivity contribution in [2.24, 2.45) is 4.99 Å². The number of rotatable bonds is 11. The van der Waals surface area contributed by atoms with E-state index in [0.29, 0.717) is 48.8 Å². The van der Waals surface area contributed by atoms with E-state index in [-0.39, 0.29) is 18.8 Å². The molecule has 0 radical (unpaired) electrons. The fourth-order valence-electron chi connectivity index (χ4n) is 5.49. The van der Waals surface area contributed by atoms with Crippen LogP contribution in [-0.4, -0.2) is 30.0 Å². The molecule has 49 heavy (non-hydrogen) atoms. The number of fused-ring (bicyclic) bond motifs is 1. The number of hydrogen-bond donors (Lipinski definition) is 0. The lowest BCUT2D eigenvalue weighted by Crippen LogP contribution is -2.40. The molecular formula is C38H32Cl2N2O5S2. The van der Waals surface area contributed by atoms with Crippen LogP contribution in [0.3, 0.4) is 0 Å². The summed E-state index contributed by atoms with van der Waals surface area (Å²) in [5, 5.41) is 1.06. The molecule has 0 saturated carbocycles. The number of aromatic nitrogens is 1. The van der Waals surface area contributed by atoms with Crippen LogP contribution >= 0.6 is 46.3 Å². The van der Waals surface area contributed by atoms with Crippen LogP contribution in [0.5, 0.6) is 11.5 Å². The minimum atomic E-state index is -0.752. The van der Waals surface area contributed by atoms with Crippen LogP contribution in [0.1, 0.15) is 42.1 Å². The number of carbonyl (C=O) groups is 1. The highest BCUT2D eigenvalue weighted by Crippen LogP contribution is 2.36. The molecule has 250 valence electrons. The van der Waals surface area contributed by atoms with Crippen molar-refractivity contribution in [2.45, 2.75) is 31.4 Å². The van der Waals surface area contributed by atoms with Gasteiger partial charge in [-0.2, -0.15) is 0 Å². The lowest BCUT2D eigenvalue weighted by Gasteiger charge is -2.26. The molecular weight excluding hydrogens is 699 g/mol. The molecule has 4 aromatic carbocycles. The van der Waals surface area contributed by atoms with Gasteiger partial charge in [0.2, 0.25) is 0 Å². The Kier molecular flexibility index (Phi) is 10.9. The van der Waals surface area contributed by atoms with E-state index in [1.165, 1.54) is 11.3 Å². The van der Waals surface area contributed by atoms with Gasteiger partial charge in [-0.05, 0) is 73.7 Å². The molecule has 2 heterocycles. The van der Waals surface area contributed by atoms with E-state index in [0.717, 1.165) is 27.1 Å². The molecule has 5 aromatic rings. The molecule has 0 saturated heterocycles. The summed E-state index contributed by atoms with van der Waals surface area (Å²) in [5.74, 6) is 0.540. The molecule has 6 rings (SSSR count). The largest absolute Gasteiger partial charge is 0.490 e. The molecule has 7 nitrogen and oxygen atoms in total. The van der Waals surface area contributed by atoms with Crippen molar-refractivity contribution in [1.82, 2.24) is 4.57 Å². The van der Waals surface area contributed by atoms with Crippen LogP contribution in [0.15, 0.2) is 111 Å². The third-order valence-electron chi connectivity index (χ3n) is 7.77. The SMILES string of the molecule is CCOC(=O)C1=C(c2ccccc2)N=c2s/c(=C\c3ccc(OCc4ccc(Cl)cc4Cl)c(OCC)c3)c(=O)n2[C@@H]1c1ccc(SC)cc1. The number of esters is 1. The average Bonchev–Trinajstić information content (AvgIpc) is 3.42. The fourth-order valence-corrected chi connectivity index (χ4v) is 7.36. The summed E-state index contributed by atoms with van der Waals surface area (Å²) in [5.41, 5.74) is 3.57. The van der Waals surface area contributed by atoms with Crippen molar-refractivity contribution in [1.29, 1.82) is 0 Å². The molecule has 11 heteroatoms. The van der Waals surface area contributed by atoms with Gasteiger partial charge < -0.3 is 14.2 Å². The minimum Gasteiger partial charge on any atom is -0.490 e.